The topological polar surface area (TPSA) is 182 Å². The van der Waals surface area contributed by atoms with Gasteiger partial charge in [0.05, 0.1) is 13.7 Å². The third-order valence-corrected chi connectivity index (χ3v) is 14.6. The molecule has 4 amide bonds. The van der Waals surface area contributed by atoms with E-state index in [1.165, 1.54) is 4.90 Å². The molecule has 4 saturated carbocycles. The van der Waals surface area contributed by atoms with Crippen molar-refractivity contribution in [3.63, 3.8) is 0 Å². The summed E-state index contributed by atoms with van der Waals surface area (Å²) in [6, 6.07) is 5.01. The van der Waals surface area contributed by atoms with Crippen LogP contribution >= 0.6 is 0 Å². The molecule has 9 atom stereocenters. The summed E-state index contributed by atoms with van der Waals surface area (Å²) in [7, 11) is -3.09. The highest BCUT2D eigenvalue weighted by Crippen LogP contribution is 2.52. The zero-order chi connectivity index (χ0) is 39.6. The number of sulfonamides is 1. The number of amides is 4. The van der Waals surface area contributed by atoms with E-state index in [1.807, 2.05) is 35.9 Å². The van der Waals surface area contributed by atoms with Crippen LogP contribution in [0.1, 0.15) is 78.1 Å². The number of fused-ring (bicyclic) bond motifs is 4. The molecule has 3 N–H and O–H groups in total. The van der Waals surface area contributed by atoms with Crippen LogP contribution in [0.25, 0.3) is 10.8 Å². The monoisotopic (exact) mass is 795 g/mol. The number of nitrogens with zero attached hydrogens (tertiary/aromatic N) is 2. The van der Waals surface area contributed by atoms with Gasteiger partial charge in [0.25, 0.3) is 15.9 Å². The van der Waals surface area contributed by atoms with Crippen molar-refractivity contribution in [2.45, 2.75) is 113 Å². The van der Waals surface area contributed by atoms with E-state index in [1.54, 1.807) is 25.4 Å². The van der Waals surface area contributed by atoms with Gasteiger partial charge < -0.3 is 29.7 Å². The number of alkyl carbamates (subject to hydrolysis) is 1. The molecule has 1 aromatic heterocycles. The van der Waals surface area contributed by atoms with Gasteiger partial charge in [0.2, 0.25) is 22.7 Å². The fraction of sp³-hybridized carbons (Fsp3) is 0.625. The van der Waals surface area contributed by atoms with E-state index in [-0.39, 0.29) is 56.0 Å². The molecule has 3 heterocycles. The fourth-order valence-corrected chi connectivity index (χ4v) is 10.3. The minimum Gasteiger partial charge on any atom is -0.497 e. The van der Waals surface area contributed by atoms with Crippen molar-refractivity contribution < 1.29 is 46.2 Å². The van der Waals surface area contributed by atoms with Crippen LogP contribution in [0.2, 0.25) is 0 Å². The van der Waals surface area contributed by atoms with Crippen LogP contribution in [0, 0.1) is 29.6 Å². The van der Waals surface area contributed by atoms with Crippen molar-refractivity contribution >= 4 is 44.6 Å². The SMILES string of the molecule is COc1ccc2c(O[C@@H]3C[C@H]4C(=O)N[C@]5(C(=O)NS(=O)(=O)C6(F)CC6)C[C@H]5/C=C\CC[C@@H](C)C[C@@H](C)[C@H](NC(=O)OC5C[C@@H]6C[C@H]6C5)C(=O)N4C3)nccc2c1. The van der Waals surface area contributed by atoms with Crippen molar-refractivity contribution in [2.75, 3.05) is 13.7 Å². The second-order valence-electron chi connectivity index (χ2n) is 17.0. The van der Waals surface area contributed by atoms with E-state index in [4.69, 9.17) is 14.2 Å². The van der Waals surface area contributed by atoms with Crippen LogP contribution in [-0.2, 0) is 29.1 Å². The Labute approximate surface area is 325 Å². The molecule has 0 radical (unpaired) electrons. The summed E-state index contributed by atoms with van der Waals surface area (Å²) in [6.07, 6.45) is 8.03. The van der Waals surface area contributed by atoms with Crippen LogP contribution in [0.3, 0.4) is 0 Å². The van der Waals surface area contributed by atoms with Gasteiger partial charge in [0.1, 0.15) is 35.6 Å². The number of benzene rings is 1. The minimum absolute atomic E-state index is 0.00267. The summed E-state index contributed by atoms with van der Waals surface area (Å²) >= 11 is 0. The highest BCUT2D eigenvalue weighted by Gasteiger charge is 2.64. The lowest BCUT2D eigenvalue weighted by molar-refractivity contribution is -0.142. The third-order valence-electron chi connectivity index (χ3n) is 12.7. The van der Waals surface area contributed by atoms with Gasteiger partial charge >= 0.3 is 6.09 Å². The lowest BCUT2D eigenvalue weighted by Crippen LogP contribution is -2.59. The molecule has 0 spiro atoms. The van der Waals surface area contributed by atoms with Crippen LogP contribution in [-0.4, -0.2) is 90.6 Å². The first kappa shape index (κ1) is 38.4. The molecular formula is C40H50FN5O9S. The lowest BCUT2D eigenvalue weighted by atomic mass is 9.88. The third kappa shape index (κ3) is 7.52. The molecule has 8 rings (SSSR count). The van der Waals surface area contributed by atoms with Gasteiger partial charge in [0, 0.05) is 36.8 Å². The summed E-state index contributed by atoms with van der Waals surface area (Å²) in [5, 5.41) is 4.64. The first-order valence-corrected chi connectivity index (χ1v) is 21.3. The molecule has 1 saturated heterocycles. The molecule has 2 aliphatic heterocycles. The molecule has 14 nitrogen and oxygen atoms in total. The zero-order valence-electron chi connectivity index (χ0n) is 31.9. The molecule has 1 aromatic carbocycles. The summed E-state index contributed by atoms with van der Waals surface area (Å²) in [6.45, 7) is 3.92. The Morgan fingerprint density at radius 3 is 2.54 bits per heavy atom. The lowest BCUT2D eigenvalue weighted by Gasteiger charge is -2.33. The van der Waals surface area contributed by atoms with Crippen LogP contribution in [0.5, 0.6) is 11.6 Å². The standard InChI is InChI=1S/C40H50FN5O9S/c1-22-6-4-5-7-27-20-40(27,37(49)45-56(51,52)39(41)11-12-39)44-34(47)32-19-30(54-35-31-9-8-28(53-3)16-24(31)10-13-42-35)21-46(32)36(48)33(23(2)14-22)43-38(50)55-29-17-25-15-26(25)18-29/h5,7-10,13,16,22-23,25-27,29-30,32-33H,4,6,11-12,14-15,17-21H2,1-3H3,(H,43,50)(H,44,47)(H,45,49)/b7-5-/t22-,23-,25+,26+,27-,30-,32+,33+,40-/m1/s1. The van der Waals surface area contributed by atoms with Gasteiger partial charge in [-0.1, -0.05) is 26.0 Å². The number of ether oxygens (including phenoxy) is 3. The van der Waals surface area contributed by atoms with Crippen molar-refractivity contribution in [1.29, 1.82) is 0 Å². The molecular weight excluding hydrogens is 746 g/mol. The number of nitrogens with one attached hydrogen (secondary N) is 3. The number of pyridine rings is 1. The van der Waals surface area contributed by atoms with E-state index in [2.05, 4.69) is 22.5 Å². The molecule has 4 aliphatic carbocycles. The molecule has 5 fully saturated rings. The Balaban J connectivity index is 1.10. The molecule has 16 heteroatoms. The van der Waals surface area contributed by atoms with Gasteiger partial charge in [-0.15, -0.1) is 0 Å². The fourth-order valence-electron chi connectivity index (χ4n) is 9.06. The first-order valence-electron chi connectivity index (χ1n) is 19.8. The van der Waals surface area contributed by atoms with Gasteiger partial charge in [-0.05, 0) is 98.3 Å². The number of hydrogen-bond donors (Lipinski definition) is 3. The number of carbonyl (C=O) groups excluding carboxylic acids is 4. The Morgan fingerprint density at radius 1 is 1.04 bits per heavy atom. The van der Waals surface area contributed by atoms with E-state index in [9.17, 15) is 32.0 Å². The Bertz CT molecular complexity index is 2050. The molecule has 56 heavy (non-hydrogen) atoms. The molecule has 0 bridgehead atoms. The van der Waals surface area contributed by atoms with Gasteiger partial charge in [-0.3, -0.25) is 14.4 Å². The number of carbonyl (C=O) groups is 4. The maximum atomic E-state index is 14.8. The average Bonchev–Trinajstić information content (AvgIpc) is 4.12. The number of halogens is 1. The summed E-state index contributed by atoms with van der Waals surface area (Å²) in [4.78, 5) is 62.3. The molecule has 6 aliphatic rings. The zero-order valence-corrected chi connectivity index (χ0v) is 32.7. The summed E-state index contributed by atoms with van der Waals surface area (Å²) in [5.41, 5.74) is -1.68. The number of methoxy groups -OCH3 is 1. The van der Waals surface area contributed by atoms with E-state index in [0.29, 0.717) is 35.8 Å². The second-order valence-corrected chi connectivity index (χ2v) is 18.9. The van der Waals surface area contributed by atoms with Crippen molar-refractivity contribution in [3.05, 3.63) is 42.6 Å². The number of alkyl halides is 1. The van der Waals surface area contributed by atoms with Crippen LogP contribution in [0.15, 0.2) is 42.6 Å². The normalized spacial score (nSPS) is 34.4. The smallest absolute Gasteiger partial charge is 0.408 e. The van der Waals surface area contributed by atoms with Crippen molar-refractivity contribution in [1.82, 2.24) is 25.2 Å². The minimum atomic E-state index is -4.66. The molecule has 2 aromatic rings. The summed E-state index contributed by atoms with van der Waals surface area (Å²) in [5.74, 6) is -0.903. The Morgan fingerprint density at radius 2 is 1.80 bits per heavy atom. The maximum absolute atomic E-state index is 14.8. The predicted octanol–water partition coefficient (Wildman–Crippen LogP) is 4.28. The van der Waals surface area contributed by atoms with Gasteiger partial charge in [0.15, 0.2) is 0 Å². The highest BCUT2D eigenvalue weighted by molar-refractivity contribution is 7.91. The van der Waals surface area contributed by atoms with Gasteiger partial charge in [-0.2, -0.15) is 0 Å². The first-order chi connectivity index (χ1) is 26.7. The number of allylic oxidation sites excluding steroid dienone is 1. The molecule has 302 valence electrons. The number of aromatic nitrogens is 1. The Hall–Kier alpha value is -4.47. The van der Waals surface area contributed by atoms with Gasteiger partial charge in [-0.25, -0.2) is 27.3 Å². The highest BCUT2D eigenvalue weighted by atomic mass is 32.2. The predicted molar refractivity (Wildman–Crippen MR) is 201 cm³/mol. The largest absolute Gasteiger partial charge is 0.497 e. The van der Waals surface area contributed by atoms with E-state index < -0.39 is 68.5 Å². The Kier molecular flexibility index (Phi) is 9.93. The second kappa shape index (κ2) is 14.5. The van der Waals surface area contributed by atoms with E-state index in [0.717, 1.165) is 31.1 Å². The average molecular weight is 796 g/mol. The number of hydrogen-bond acceptors (Lipinski definition) is 10. The van der Waals surface area contributed by atoms with Crippen molar-refractivity contribution in [3.8, 4) is 11.6 Å². The van der Waals surface area contributed by atoms with Crippen molar-refractivity contribution in [2.24, 2.45) is 29.6 Å². The quantitative estimate of drug-likeness (QED) is 0.327. The van der Waals surface area contributed by atoms with Crippen LogP contribution < -0.4 is 24.8 Å². The maximum Gasteiger partial charge on any atom is 0.408 e. The summed E-state index contributed by atoms with van der Waals surface area (Å²) < 4.78 is 60.0. The number of rotatable bonds is 8. The van der Waals surface area contributed by atoms with Crippen LogP contribution in [0.4, 0.5) is 9.18 Å². The molecule has 0 unspecified atom stereocenters. The van der Waals surface area contributed by atoms with E-state index >= 15 is 0 Å².